The zero-order valence-corrected chi connectivity index (χ0v) is 53.7. The highest BCUT2D eigenvalue weighted by molar-refractivity contribution is 5.74. The molecule has 1 aliphatic heterocycles. The molecule has 6 atom stereocenters. The second-order valence-corrected chi connectivity index (χ2v) is 24.2. The zero-order chi connectivity index (χ0) is 60.3. The lowest BCUT2D eigenvalue weighted by Gasteiger charge is -2.40. The Morgan fingerprint density at radius 1 is 0.410 bits per heavy atom. The highest BCUT2D eigenvalue weighted by atomic mass is 16.7. The van der Waals surface area contributed by atoms with E-state index in [1.54, 1.807) is 0 Å². The lowest BCUT2D eigenvalue weighted by atomic mass is 9.98. The van der Waals surface area contributed by atoms with Gasteiger partial charge in [-0.3, -0.25) is 14.4 Å². The second-order valence-electron chi connectivity index (χ2n) is 24.2. The number of esters is 3. The summed E-state index contributed by atoms with van der Waals surface area (Å²) in [6, 6.07) is 0. The van der Waals surface area contributed by atoms with E-state index in [-0.39, 0.29) is 25.9 Å². The molecule has 12 nitrogen and oxygen atoms in total. The standard InChI is InChI=1S/C71H128O12/c1-4-7-10-13-16-19-22-25-28-31-32-35-38-41-44-47-50-53-56-59-65(74)82-69-67(76)66(75)68(70(77)78)83-71(69)80-61-62(81-64(73)58-55-52-49-46-43-40-37-34-30-27-24-21-18-15-12-9-6-3)60-79-63(72)57-54-51-48-45-42-39-36-33-29-26-23-20-17-14-11-8-5-2/h8,11,17,20,26,29,62,66-69,71,75-76H,4-7,9-10,12-16,18-19,21-25,27-28,30-61H2,1-3H3,(H,77,78)/b11-8-,20-17-,29-26-. The molecule has 1 fully saturated rings. The van der Waals surface area contributed by atoms with Gasteiger partial charge in [0.25, 0.3) is 0 Å². The van der Waals surface area contributed by atoms with Gasteiger partial charge in [-0.25, -0.2) is 4.79 Å². The Balaban J connectivity index is 2.61. The van der Waals surface area contributed by atoms with Crippen molar-refractivity contribution in [3.63, 3.8) is 0 Å². The van der Waals surface area contributed by atoms with E-state index in [0.29, 0.717) is 19.3 Å². The first kappa shape index (κ1) is 78.0. The van der Waals surface area contributed by atoms with Crippen molar-refractivity contribution in [1.29, 1.82) is 0 Å². The number of carboxylic acid groups (broad SMARTS) is 1. The van der Waals surface area contributed by atoms with Gasteiger partial charge in [-0.05, 0) is 51.4 Å². The van der Waals surface area contributed by atoms with Gasteiger partial charge >= 0.3 is 23.9 Å². The Labute approximate surface area is 508 Å². The van der Waals surface area contributed by atoms with Crippen molar-refractivity contribution in [2.24, 2.45) is 0 Å². The summed E-state index contributed by atoms with van der Waals surface area (Å²) < 4.78 is 28.6. The molecule has 0 bridgehead atoms. The molecular formula is C71H128O12. The van der Waals surface area contributed by atoms with Crippen LogP contribution in [0.15, 0.2) is 36.5 Å². The molecule has 0 aliphatic carbocycles. The van der Waals surface area contributed by atoms with Crippen LogP contribution in [-0.2, 0) is 42.9 Å². The Hall–Kier alpha value is -3.06. The van der Waals surface area contributed by atoms with Gasteiger partial charge in [0.05, 0.1) is 6.61 Å². The molecule has 1 saturated heterocycles. The quantitative estimate of drug-likeness (QED) is 0.0228. The van der Waals surface area contributed by atoms with E-state index in [1.807, 2.05) is 0 Å². The minimum atomic E-state index is -1.90. The number of carbonyl (C=O) groups excluding carboxylic acids is 3. The molecule has 1 aliphatic rings. The third-order valence-electron chi connectivity index (χ3n) is 16.2. The molecule has 0 radical (unpaired) electrons. The van der Waals surface area contributed by atoms with Crippen molar-refractivity contribution >= 4 is 23.9 Å². The van der Waals surface area contributed by atoms with Crippen molar-refractivity contribution in [3.8, 4) is 0 Å². The number of aliphatic hydroxyl groups is 2. The number of rotatable bonds is 61. The normalized spacial score (nSPS) is 17.7. The van der Waals surface area contributed by atoms with Crippen LogP contribution >= 0.6 is 0 Å². The summed E-state index contributed by atoms with van der Waals surface area (Å²) in [6.45, 7) is 5.95. The Morgan fingerprint density at radius 2 is 0.759 bits per heavy atom. The summed E-state index contributed by atoms with van der Waals surface area (Å²) in [5.41, 5.74) is 0. The van der Waals surface area contributed by atoms with Crippen molar-refractivity contribution < 1.29 is 58.2 Å². The number of hydrogen-bond donors (Lipinski definition) is 3. The molecule has 83 heavy (non-hydrogen) atoms. The number of unbranched alkanes of at least 4 members (excludes halogenated alkanes) is 41. The van der Waals surface area contributed by atoms with Crippen molar-refractivity contribution in [3.05, 3.63) is 36.5 Å². The number of ether oxygens (including phenoxy) is 5. The van der Waals surface area contributed by atoms with E-state index in [0.717, 1.165) is 89.9 Å². The van der Waals surface area contributed by atoms with E-state index in [4.69, 9.17) is 23.7 Å². The maximum absolute atomic E-state index is 13.2. The van der Waals surface area contributed by atoms with Crippen molar-refractivity contribution in [1.82, 2.24) is 0 Å². The number of allylic oxidation sites excluding steroid dienone is 6. The Kier molecular flexibility index (Phi) is 55.7. The third kappa shape index (κ3) is 48.7. The number of aliphatic hydroxyl groups excluding tert-OH is 2. The Morgan fingerprint density at radius 3 is 1.16 bits per heavy atom. The molecule has 6 unspecified atom stereocenters. The molecule has 484 valence electrons. The first-order chi connectivity index (χ1) is 40.6. The van der Waals surface area contributed by atoms with Crippen molar-refractivity contribution in [2.45, 2.75) is 379 Å². The molecule has 0 spiro atoms. The first-order valence-corrected chi connectivity index (χ1v) is 35.0. The van der Waals surface area contributed by atoms with Gasteiger partial charge in [-0.2, -0.15) is 0 Å². The molecule has 0 aromatic heterocycles. The first-order valence-electron chi connectivity index (χ1n) is 35.0. The van der Waals surface area contributed by atoms with Crippen LogP contribution in [0.2, 0.25) is 0 Å². The zero-order valence-electron chi connectivity index (χ0n) is 53.7. The van der Waals surface area contributed by atoms with Crippen molar-refractivity contribution in [2.75, 3.05) is 13.2 Å². The van der Waals surface area contributed by atoms with Gasteiger partial charge in [-0.15, -0.1) is 0 Å². The molecular weight excluding hydrogens is 1040 g/mol. The largest absolute Gasteiger partial charge is 0.479 e. The summed E-state index contributed by atoms with van der Waals surface area (Å²) in [4.78, 5) is 51.5. The number of aliphatic carboxylic acids is 1. The van der Waals surface area contributed by atoms with E-state index in [2.05, 4.69) is 57.2 Å². The third-order valence-corrected chi connectivity index (χ3v) is 16.2. The van der Waals surface area contributed by atoms with Crippen LogP contribution in [0, 0.1) is 0 Å². The smallest absolute Gasteiger partial charge is 0.335 e. The van der Waals surface area contributed by atoms with Gasteiger partial charge < -0.3 is 39.0 Å². The number of carbonyl (C=O) groups is 4. The summed E-state index contributed by atoms with van der Waals surface area (Å²) in [6.07, 6.45) is 59.5. The number of carboxylic acids is 1. The summed E-state index contributed by atoms with van der Waals surface area (Å²) in [5, 5.41) is 31.7. The van der Waals surface area contributed by atoms with E-state index in [9.17, 15) is 34.5 Å². The molecule has 0 aromatic carbocycles. The Bertz CT molecular complexity index is 1580. The molecule has 1 heterocycles. The van der Waals surface area contributed by atoms with Crippen LogP contribution in [0.1, 0.15) is 342 Å². The van der Waals surface area contributed by atoms with Crippen LogP contribution in [0.3, 0.4) is 0 Å². The van der Waals surface area contributed by atoms with E-state index >= 15 is 0 Å². The molecule has 3 N–H and O–H groups in total. The maximum atomic E-state index is 13.2. The summed E-state index contributed by atoms with van der Waals surface area (Å²) >= 11 is 0. The van der Waals surface area contributed by atoms with Gasteiger partial charge in [0.1, 0.15) is 18.8 Å². The van der Waals surface area contributed by atoms with Gasteiger partial charge in [0.15, 0.2) is 24.6 Å². The fourth-order valence-corrected chi connectivity index (χ4v) is 10.9. The predicted molar refractivity (Wildman–Crippen MR) is 340 cm³/mol. The summed E-state index contributed by atoms with van der Waals surface area (Å²) in [5.74, 6) is -3.09. The lowest BCUT2D eigenvalue weighted by molar-refractivity contribution is -0.301. The predicted octanol–water partition coefficient (Wildman–Crippen LogP) is 19.1. The second kappa shape index (κ2) is 59.3. The van der Waals surface area contributed by atoms with Crippen LogP contribution in [0.25, 0.3) is 0 Å². The summed E-state index contributed by atoms with van der Waals surface area (Å²) in [7, 11) is 0. The fraction of sp³-hybridized carbons (Fsp3) is 0.859. The maximum Gasteiger partial charge on any atom is 0.335 e. The average Bonchev–Trinajstić information content (AvgIpc) is 3.58. The van der Waals surface area contributed by atoms with Gasteiger partial charge in [0, 0.05) is 19.3 Å². The molecule has 0 amide bonds. The SMILES string of the molecule is CC/C=C\C/C=C\C/C=C\CCCCCCCCCC(=O)OCC(COC1OC(C(=O)O)C(O)C(O)C1OC(=O)CCCCCCCCCCCCCCCCCCCCC)OC(=O)CCCCCCCCCCCCCCCCCCC. The van der Waals surface area contributed by atoms with E-state index < -0.39 is 67.3 Å². The van der Waals surface area contributed by atoms with Crippen LogP contribution in [0.5, 0.6) is 0 Å². The lowest BCUT2D eigenvalue weighted by Crippen LogP contribution is -2.61. The molecule has 1 rings (SSSR count). The minimum absolute atomic E-state index is 0.0665. The topological polar surface area (TPSA) is 175 Å². The van der Waals surface area contributed by atoms with Gasteiger partial charge in [-0.1, -0.05) is 308 Å². The molecule has 0 saturated carbocycles. The minimum Gasteiger partial charge on any atom is -0.479 e. The molecule has 12 heteroatoms. The average molecular weight is 1170 g/mol. The fourth-order valence-electron chi connectivity index (χ4n) is 10.9. The van der Waals surface area contributed by atoms with Gasteiger partial charge in [0.2, 0.25) is 0 Å². The monoisotopic (exact) mass is 1170 g/mol. The highest BCUT2D eigenvalue weighted by Gasteiger charge is 2.50. The molecule has 0 aromatic rings. The van der Waals surface area contributed by atoms with Crippen LogP contribution < -0.4 is 0 Å². The van der Waals surface area contributed by atoms with Crippen LogP contribution in [0.4, 0.5) is 0 Å². The van der Waals surface area contributed by atoms with Crippen LogP contribution in [-0.4, -0.2) is 89.2 Å². The highest BCUT2D eigenvalue weighted by Crippen LogP contribution is 2.27. The van der Waals surface area contributed by atoms with E-state index in [1.165, 1.54) is 193 Å². The number of hydrogen-bond acceptors (Lipinski definition) is 11.